The molecular weight excluding hydrogens is 306 g/mol. The minimum absolute atomic E-state index is 0.0704. The summed E-state index contributed by atoms with van der Waals surface area (Å²) in [6.45, 7) is 4.19. The summed E-state index contributed by atoms with van der Waals surface area (Å²) >= 11 is 0. The van der Waals surface area contributed by atoms with E-state index in [1.54, 1.807) is 12.1 Å². The first-order valence-electron chi connectivity index (χ1n) is 7.89. The van der Waals surface area contributed by atoms with Crippen molar-refractivity contribution in [3.8, 4) is 5.75 Å². The van der Waals surface area contributed by atoms with Gasteiger partial charge in [-0.1, -0.05) is 25.1 Å². The fourth-order valence-electron chi connectivity index (χ4n) is 3.39. The normalized spacial score (nSPS) is 24.7. The van der Waals surface area contributed by atoms with Gasteiger partial charge in [-0.3, -0.25) is 10.1 Å². The van der Waals surface area contributed by atoms with Gasteiger partial charge in [-0.05, 0) is 25.1 Å². The molecule has 2 heterocycles. The molecule has 2 aromatic carbocycles. The molecule has 0 unspecified atom stereocenters. The predicted molar refractivity (Wildman–Crippen MR) is 89.8 cm³/mol. The van der Waals surface area contributed by atoms with E-state index in [0.717, 1.165) is 22.6 Å². The third kappa shape index (κ3) is 2.14. The SMILES string of the molecule is CC1=NN2[C@@H](c3ccc([N+](=O)[O-])cc3)Oc3ccccc3[C@H]2[C@@H]1C. The Bertz CT molecular complexity index is 832. The zero-order chi connectivity index (χ0) is 16.8. The molecule has 4 rings (SSSR count). The van der Waals surface area contributed by atoms with Gasteiger partial charge in [-0.15, -0.1) is 0 Å². The number of fused-ring (bicyclic) bond motifs is 3. The van der Waals surface area contributed by atoms with E-state index in [-0.39, 0.29) is 23.9 Å². The number of non-ortho nitro benzene ring substituents is 1. The Kier molecular flexibility index (Phi) is 3.26. The molecule has 0 bridgehead atoms. The second-order valence-electron chi connectivity index (χ2n) is 6.21. The monoisotopic (exact) mass is 323 g/mol. The number of nitrogens with zero attached hydrogens (tertiary/aromatic N) is 3. The van der Waals surface area contributed by atoms with Crippen LogP contribution in [0.1, 0.15) is 37.2 Å². The fourth-order valence-corrected chi connectivity index (χ4v) is 3.39. The number of nitro groups is 1. The lowest BCUT2D eigenvalue weighted by Gasteiger charge is -2.39. The zero-order valence-electron chi connectivity index (χ0n) is 13.4. The van der Waals surface area contributed by atoms with Crippen molar-refractivity contribution in [3.63, 3.8) is 0 Å². The lowest BCUT2D eigenvalue weighted by Crippen LogP contribution is -2.35. The number of hydrogen-bond acceptors (Lipinski definition) is 5. The van der Waals surface area contributed by atoms with Gasteiger partial charge in [0.25, 0.3) is 5.69 Å². The Hall–Kier alpha value is -2.89. The predicted octanol–water partition coefficient (Wildman–Crippen LogP) is 4.05. The molecule has 0 aliphatic carbocycles. The molecular formula is C18H17N3O3. The third-order valence-corrected chi connectivity index (χ3v) is 4.80. The topological polar surface area (TPSA) is 68.0 Å². The smallest absolute Gasteiger partial charge is 0.269 e. The van der Waals surface area contributed by atoms with Crippen LogP contribution < -0.4 is 4.74 Å². The largest absolute Gasteiger partial charge is 0.464 e. The molecule has 6 heteroatoms. The van der Waals surface area contributed by atoms with Crippen LogP contribution in [0, 0.1) is 16.0 Å². The van der Waals surface area contributed by atoms with Crippen LogP contribution in [0.15, 0.2) is 53.6 Å². The van der Waals surface area contributed by atoms with Crippen LogP contribution in [0.2, 0.25) is 0 Å². The zero-order valence-corrected chi connectivity index (χ0v) is 13.4. The van der Waals surface area contributed by atoms with Crippen LogP contribution in [0.3, 0.4) is 0 Å². The molecule has 0 N–H and O–H groups in total. The second-order valence-corrected chi connectivity index (χ2v) is 6.21. The minimum Gasteiger partial charge on any atom is -0.464 e. The van der Waals surface area contributed by atoms with Gasteiger partial charge in [0.1, 0.15) is 5.75 Å². The summed E-state index contributed by atoms with van der Waals surface area (Å²) < 4.78 is 6.18. The molecule has 0 saturated heterocycles. The van der Waals surface area contributed by atoms with Crippen LogP contribution in [0.25, 0.3) is 0 Å². The maximum Gasteiger partial charge on any atom is 0.269 e. The average molecular weight is 323 g/mol. The van der Waals surface area contributed by atoms with Gasteiger partial charge < -0.3 is 4.74 Å². The average Bonchev–Trinajstić information content (AvgIpc) is 2.90. The first-order chi connectivity index (χ1) is 11.6. The highest BCUT2D eigenvalue weighted by Crippen LogP contribution is 2.48. The molecule has 2 aliphatic heterocycles. The van der Waals surface area contributed by atoms with Gasteiger partial charge in [0.05, 0.1) is 11.0 Å². The summed E-state index contributed by atoms with van der Waals surface area (Å²) in [6.07, 6.45) is -0.384. The van der Waals surface area contributed by atoms with E-state index >= 15 is 0 Å². The summed E-state index contributed by atoms with van der Waals surface area (Å²) in [5.74, 6) is 1.13. The van der Waals surface area contributed by atoms with Crippen molar-refractivity contribution in [2.45, 2.75) is 26.1 Å². The molecule has 2 aliphatic rings. The van der Waals surface area contributed by atoms with Crippen LogP contribution in [0.5, 0.6) is 5.75 Å². The number of ether oxygens (including phenoxy) is 1. The van der Waals surface area contributed by atoms with Gasteiger partial charge in [-0.2, -0.15) is 5.10 Å². The molecule has 2 aromatic rings. The first kappa shape index (κ1) is 14.7. The van der Waals surface area contributed by atoms with Crippen molar-refractivity contribution >= 4 is 11.4 Å². The molecule has 0 amide bonds. The number of rotatable bonds is 2. The van der Waals surface area contributed by atoms with E-state index in [2.05, 4.69) is 13.0 Å². The Labute approximate surface area is 139 Å². The summed E-state index contributed by atoms with van der Waals surface area (Å²) in [5.41, 5.74) is 3.11. The molecule has 0 saturated carbocycles. The quantitative estimate of drug-likeness (QED) is 0.617. The van der Waals surface area contributed by atoms with Gasteiger partial charge in [0, 0.05) is 34.9 Å². The van der Waals surface area contributed by atoms with Gasteiger partial charge in [-0.25, -0.2) is 5.01 Å². The van der Waals surface area contributed by atoms with Gasteiger partial charge in [0.2, 0.25) is 6.23 Å². The Morgan fingerprint density at radius 1 is 1.17 bits per heavy atom. The van der Waals surface area contributed by atoms with Crippen molar-refractivity contribution in [2.75, 3.05) is 0 Å². The first-order valence-corrected chi connectivity index (χ1v) is 7.89. The lowest BCUT2D eigenvalue weighted by atomic mass is 9.90. The highest BCUT2D eigenvalue weighted by atomic mass is 16.6. The van der Waals surface area contributed by atoms with Gasteiger partial charge >= 0.3 is 0 Å². The van der Waals surface area contributed by atoms with E-state index in [1.165, 1.54) is 12.1 Å². The number of para-hydroxylation sites is 1. The third-order valence-electron chi connectivity index (χ3n) is 4.80. The molecule has 0 aromatic heterocycles. The number of nitro benzene ring substituents is 1. The Morgan fingerprint density at radius 2 is 1.88 bits per heavy atom. The minimum atomic E-state index is -0.399. The van der Waals surface area contributed by atoms with E-state index in [9.17, 15) is 10.1 Å². The summed E-state index contributed by atoms with van der Waals surface area (Å²) in [7, 11) is 0. The summed E-state index contributed by atoms with van der Waals surface area (Å²) in [5, 5.41) is 17.5. The maximum absolute atomic E-state index is 10.9. The molecule has 24 heavy (non-hydrogen) atoms. The molecule has 6 nitrogen and oxygen atoms in total. The van der Waals surface area contributed by atoms with Crippen LogP contribution in [-0.4, -0.2) is 15.6 Å². The lowest BCUT2D eigenvalue weighted by molar-refractivity contribution is -0.384. The number of benzene rings is 2. The molecule has 0 fully saturated rings. The number of hydrazone groups is 1. The molecule has 0 spiro atoms. The van der Waals surface area contributed by atoms with Crippen molar-refractivity contribution in [3.05, 3.63) is 69.8 Å². The standard InChI is InChI=1S/C18H17N3O3/c1-11-12(2)19-20-17(11)15-5-3-4-6-16(15)24-18(20)13-7-9-14(10-8-13)21(22)23/h3-11,17-18H,1-2H3/t11-,17-,18-/m1/s1. The van der Waals surface area contributed by atoms with Crippen LogP contribution in [0.4, 0.5) is 5.69 Å². The van der Waals surface area contributed by atoms with E-state index < -0.39 is 4.92 Å². The molecule has 122 valence electrons. The summed E-state index contributed by atoms with van der Waals surface area (Å²) in [4.78, 5) is 10.5. The van der Waals surface area contributed by atoms with Crippen molar-refractivity contribution < 1.29 is 9.66 Å². The number of hydrogen-bond donors (Lipinski definition) is 0. The molecule has 3 atom stereocenters. The second kappa shape index (κ2) is 5.33. The van der Waals surface area contributed by atoms with Crippen LogP contribution in [-0.2, 0) is 0 Å². The van der Waals surface area contributed by atoms with Crippen molar-refractivity contribution in [1.29, 1.82) is 0 Å². The van der Waals surface area contributed by atoms with E-state index in [0.29, 0.717) is 0 Å². The fraction of sp³-hybridized carbons (Fsp3) is 0.278. The summed E-state index contributed by atoms with van der Waals surface area (Å²) in [6, 6.07) is 14.6. The Balaban J connectivity index is 1.77. The van der Waals surface area contributed by atoms with Crippen molar-refractivity contribution in [1.82, 2.24) is 5.01 Å². The van der Waals surface area contributed by atoms with Crippen molar-refractivity contribution in [2.24, 2.45) is 11.0 Å². The van der Waals surface area contributed by atoms with Crippen LogP contribution >= 0.6 is 0 Å². The highest BCUT2D eigenvalue weighted by Gasteiger charge is 2.43. The van der Waals surface area contributed by atoms with E-state index in [4.69, 9.17) is 9.84 Å². The molecule has 0 radical (unpaired) electrons. The highest BCUT2D eigenvalue weighted by molar-refractivity contribution is 5.86. The Morgan fingerprint density at radius 3 is 2.58 bits per heavy atom. The maximum atomic E-state index is 10.9. The van der Waals surface area contributed by atoms with E-state index in [1.807, 2.05) is 30.1 Å². The van der Waals surface area contributed by atoms with Gasteiger partial charge in [0.15, 0.2) is 0 Å².